The predicted molar refractivity (Wildman–Crippen MR) is 119 cm³/mol. The Morgan fingerprint density at radius 3 is 2.73 bits per heavy atom. The summed E-state index contributed by atoms with van der Waals surface area (Å²) in [4.78, 5) is 21.8. The van der Waals surface area contributed by atoms with E-state index in [0.717, 1.165) is 39.4 Å². The minimum atomic E-state index is -0.0651. The molecule has 0 saturated heterocycles. The third-order valence-electron chi connectivity index (χ3n) is 5.32. The highest BCUT2D eigenvalue weighted by atomic mass is 35.5. The van der Waals surface area contributed by atoms with Gasteiger partial charge in [-0.3, -0.25) is 4.79 Å². The minimum Gasteiger partial charge on any atom is -0.495 e. The molecule has 0 unspecified atom stereocenters. The Kier molecular flexibility index (Phi) is 5.26. The van der Waals surface area contributed by atoms with Crippen LogP contribution >= 0.6 is 11.6 Å². The Morgan fingerprint density at radius 2 is 1.97 bits per heavy atom. The van der Waals surface area contributed by atoms with Crippen LogP contribution in [0.4, 0.5) is 0 Å². The molecule has 0 aliphatic rings. The molecule has 0 bridgehead atoms. The molecule has 0 radical (unpaired) electrons. The van der Waals surface area contributed by atoms with E-state index in [1.54, 1.807) is 30.2 Å². The number of hydrogen-bond donors (Lipinski definition) is 1. The molecule has 0 aliphatic heterocycles. The number of nitrogens with one attached hydrogen (secondary N) is 1. The van der Waals surface area contributed by atoms with Crippen molar-refractivity contribution in [2.24, 2.45) is 0 Å². The molecule has 0 aliphatic carbocycles. The Hall–Kier alpha value is -3.25. The number of para-hydroxylation sites is 2. The molecular weight excluding hydrogens is 400 g/mol. The van der Waals surface area contributed by atoms with Crippen molar-refractivity contribution in [3.63, 3.8) is 0 Å². The summed E-state index contributed by atoms with van der Waals surface area (Å²) in [6, 6.07) is 15.4. The average molecular weight is 423 g/mol. The van der Waals surface area contributed by atoms with Gasteiger partial charge in [-0.1, -0.05) is 12.1 Å². The van der Waals surface area contributed by atoms with Crippen LogP contribution in [0.2, 0.25) is 5.28 Å². The molecule has 4 aromatic rings. The van der Waals surface area contributed by atoms with Crippen molar-refractivity contribution in [2.45, 2.75) is 20.4 Å². The zero-order chi connectivity index (χ0) is 21.4. The van der Waals surface area contributed by atoms with E-state index in [1.807, 2.05) is 31.3 Å². The van der Waals surface area contributed by atoms with Gasteiger partial charge in [-0.2, -0.15) is 0 Å². The normalized spacial score (nSPS) is 11.1. The van der Waals surface area contributed by atoms with Crippen LogP contribution in [-0.2, 0) is 6.54 Å². The number of hydrogen-bond acceptors (Lipinski definition) is 3. The number of aromatic amines is 1. The first-order valence-electron chi connectivity index (χ1n) is 9.61. The number of H-pyrrole nitrogens is 1. The minimum absolute atomic E-state index is 0.0651. The quantitative estimate of drug-likeness (QED) is 0.497. The second kappa shape index (κ2) is 7.88. The number of methoxy groups -OCH3 is 1. The van der Waals surface area contributed by atoms with Gasteiger partial charge < -0.3 is 19.2 Å². The maximum Gasteiger partial charge on any atom is 0.253 e. The largest absolute Gasteiger partial charge is 0.495 e. The van der Waals surface area contributed by atoms with Crippen molar-refractivity contribution in [1.29, 1.82) is 0 Å². The van der Waals surface area contributed by atoms with Crippen LogP contribution in [0.25, 0.3) is 16.7 Å². The fourth-order valence-electron chi connectivity index (χ4n) is 3.83. The van der Waals surface area contributed by atoms with Crippen LogP contribution in [-0.4, -0.2) is 39.5 Å². The molecule has 1 amide bonds. The second-order valence-electron chi connectivity index (χ2n) is 7.32. The highest BCUT2D eigenvalue weighted by Crippen LogP contribution is 2.28. The molecule has 0 atom stereocenters. The number of ether oxygens (including phenoxy) is 1. The first-order valence-corrected chi connectivity index (χ1v) is 9.98. The van der Waals surface area contributed by atoms with E-state index in [9.17, 15) is 4.79 Å². The lowest BCUT2D eigenvalue weighted by molar-refractivity contribution is 0.0785. The molecule has 2 aromatic carbocycles. The average Bonchev–Trinajstić information content (AvgIpc) is 3.24. The summed E-state index contributed by atoms with van der Waals surface area (Å²) in [5.41, 5.74) is 6.29. The SMILES string of the molecule is COc1ccccc1-n1c(C)cc(CN(C)C(=O)c2ccc3nc(Cl)[nH]c3c2)c1C. The van der Waals surface area contributed by atoms with Gasteiger partial charge in [0.1, 0.15) is 5.75 Å². The highest BCUT2D eigenvalue weighted by Gasteiger charge is 2.18. The van der Waals surface area contributed by atoms with Crippen LogP contribution < -0.4 is 4.74 Å². The lowest BCUT2D eigenvalue weighted by Crippen LogP contribution is -2.26. The van der Waals surface area contributed by atoms with Crippen molar-refractivity contribution >= 4 is 28.5 Å². The Bertz CT molecular complexity index is 1240. The van der Waals surface area contributed by atoms with Gasteiger partial charge in [-0.15, -0.1) is 0 Å². The molecule has 0 fully saturated rings. The van der Waals surface area contributed by atoms with Gasteiger partial charge in [0.25, 0.3) is 5.91 Å². The number of fused-ring (bicyclic) bond motifs is 1. The molecule has 2 heterocycles. The third-order valence-corrected chi connectivity index (χ3v) is 5.50. The van der Waals surface area contributed by atoms with Crippen LogP contribution in [0.5, 0.6) is 5.75 Å². The van der Waals surface area contributed by atoms with Gasteiger partial charge in [0, 0.05) is 30.5 Å². The summed E-state index contributed by atoms with van der Waals surface area (Å²) >= 11 is 5.92. The van der Waals surface area contributed by atoms with Gasteiger partial charge in [-0.05, 0) is 67.4 Å². The lowest BCUT2D eigenvalue weighted by Gasteiger charge is -2.18. The van der Waals surface area contributed by atoms with Gasteiger partial charge in [0.05, 0.1) is 23.8 Å². The second-order valence-corrected chi connectivity index (χ2v) is 7.68. The van der Waals surface area contributed by atoms with Crippen LogP contribution in [0.3, 0.4) is 0 Å². The first-order chi connectivity index (χ1) is 14.4. The number of aromatic nitrogens is 3. The topological polar surface area (TPSA) is 63.1 Å². The first kappa shape index (κ1) is 20.0. The maximum atomic E-state index is 13.0. The maximum absolute atomic E-state index is 13.0. The smallest absolute Gasteiger partial charge is 0.253 e. The Morgan fingerprint density at radius 1 is 1.20 bits per heavy atom. The number of carbonyl (C=O) groups is 1. The predicted octanol–water partition coefficient (Wildman–Crippen LogP) is 4.90. The van der Waals surface area contributed by atoms with E-state index in [-0.39, 0.29) is 5.91 Å². The fourth-order valence-corrected chi connectivity index (χ4v) is 4.03. The number of benzene rings is 2. The number of imidazole rings is 1. The molecule has 6 nitrogen and oxygen atoms in total. The fraction of sp³-hybridized carbons (Fsp3) is 0.217. The van der Waals surface area contributed by atoms with E-state index < -0.39 is 0 Å². The summed E-state index contributed by atoms with van der Waals surface area (Å²) in [5.74, 6) is 0.742. The third kappa shape index (κ3) is 3.55. The molecular formula is C23H23ClN4O2. The summed E-state index contributed by atoms with van der Waals surface area (Å²) in [6.07, 6.45) is 0. The summed E-state index contributed by atoms with van der Waals surface area (Å²) in [5, 5.41) is 0.312. The molecule has 0 saturated carbocycles. The van der Waals surface area contributed by atoms with Gasteiger partial charge in [0.2, 0.25) is 5.28 Å². The Balaban J connectivity index is 1.61. The molecule has 154 valence electrons. The summed E-state index contributed by atoms with van der Waals surface area (Å²) in [7, 11) is 3.48. The monoisotopic (exact) mass is 422 g/mol. The van der Waals surface area contributed by atoms with E-state index in [2.05, 4.69) is 34.4 Å². The number of halogens is 1. The molecule has 7 heteroatoms. The number of amides is 1. The van der Waals surface area contributed by atoms with Gasteiger partial charge >= 0.3 is 0 Å². The van der Waals surface area contributed by atoms with Crippen LogP contribution in [0.15, 0.2) is 48.5 Å². The summed E-state index contributed by atoms with van der Waals surface area (Å²) in [6.45, 7) is 4.61. The van der Waals surface area contributed by atoms with Crippen molar-refractivity contribution in [1.82, 2.24) is 19.4 Å². The van der Waals surface area contributed by atoms with Crippen molar-refractivity contribution in [3.8, 4) is 11.4 Å². The highest BCUT2D eigenvalue weighted by molar-refractivity contribution is 6.29. The lowest BCUT2D eigenvalue weighted by atomic mass is 10.1. The van der Waals surface area contributed by atoms with E-state index >= 15 is 0 Å². The van der Waals surface area contributed by atoms with E-state index in [1.165, 1.54) is 0 Å². The number of nitrogens with zero attached hydrogens (tertiary/aromatic N) is 3. The summed E-state index contributed by atoms with van der Waals surface area (Å²) < 4.78 is 7.69. The zero-order valence-electron chi connectivity index (χ0n) is 17.4. The van der Waals surface area contributed by atoms with E-state index in [4.69, 9.17) is 16.3 Å². The standard InChI is InChI=1S/C23H23ClN4O2/c1-14-11-17(15(2)28(14)20-7-5-6-8-21(20)30-4)13-27(3)22(29)16-9-10-18-19(12-16)26-23(24)25-18/h5-12H,13H2,1-4H3,(H,25,26). The van der Waals surface area contributed by atoms with Crippen LogP contribution in [0, 0.1) is 13.8 Å². The van der Waals surface area contributed by atoms with Crippen molar-refractivity contribution in [2.75, 3.05) is 14.2 Å². The Labute approximate surface area is 180 Å². The zero-order valence-corrected chi connectivity index (χ0v) is 18.1. The number of carbonyl (C=O) groups excluding carboxylic acids is 1. The molecule has 30 heavy (non-hydrogen) atoms. The van der Waals surface area contributed by atoms with Gasteiger partial charge in [-0.25, -0.2) is 4.98 Å². The number of rotatable bonds is 5. The molecule has 0 spiro atoms. The van der Waals surface area contributed by atoms with Crippen LogP contribution in [0.1, 0.15) is 27.3 Å². The van der Waals surface area contributed by atoms with Gasteiger partial charge in [0.15, 0.2) is 0 Å². The molecule has 2 aromatic heterocycles. The van der Waals surface area contributed by atoms with Crippen molar-refractivity contribution in [3.05, 3.63) is 76.3 Å². The number of aryl methyl sites for hydroxylation is 1. The molecule has 1 N–H and O–H groups in total. The van der Waals surface area contributed by atoms with Crippen molar-refractivity contribution < 1.29 is 9.53 Å². The van der Waals surface area contributed by atoms with E-state index in [0.29, 0.717) is 17.4 Å². The molecule has 4 rings (SSSR count).